The molecule has 0 aromatic heterocycles. The maximum atomic E-state index is 14.4. The van der Waals surface area contributed by atoms with E-state index in [0.717, 1.165) is 51.9 Å². The maximum absolute atomic E-state index is 14.4. The van der Waals surface area contributed by atoms with Crippen LogP contribution in [-0.2, 0) is 33.3 Å². The van der Waals surface area contributed by atoms with Crippen LogP contribution in [0.3, 0.4) is 0 Å². The number of methoxy groups -OCH3 is 1. The first-order valence-electron chi connectivity index (χ1n) is 19.5. The average molecular weight is 738 g/mol. The number of nitrogens with zero attached hydrogens (tertiary/aromatic N) is 5. The molecular weight excluding hydrogens is 666 g/mol. The van der Waals surface area contributed by atoms with Crippen molar-refractivity contribution in [3.8, 4) is 0 Å². The molecule has 8 atom stereocenters. The molecule has 4 aliphatic rings. The van der Waals surface area contributed by atoms with Crippen molar-refractivity contribution in [2.24, 2.45) is 17.3 Å². The smallest absolute Gasteiger partial charge is 0.319 e. The summed E-state index contributed by atoms with van der Waals surface area (Å²) in [5.41, 5.74) is -2.87. The third-order valence-corrected chi connectivity index (χ3v) is 13.0. The Bertz CT molecular complexity index is 1220. The van der Waals surface area contributed by atoms with Crippen molar-refractivity contribution in [2.45, 2.75) is 128 Å². The number of Topliss-reactive ketones (excluding diaryl/α,β-unsaturated/α-hetero) is 1. The fraction of sp³-hybridized carbons (Fsp3) is 0.923. The molecule has 52 heavy (non-hydrogen) atoms. The van der Waals surface area contributed by atoms with Crippen molar-refractivity contribution >= 4 is 17.7 Å². The van der Waals surface area contributed by atoms with Crippen LogP contribution in [0.1, 0.15) is 80.1 Å². The second-order valence-electron chi connectivity index (χ2n) is 17.7. The van der Waals surface area contributed by atoms with Gasteiger partial charge in [-0.25, -0.2) is 0 Å². The summed E-state index contributed by atoms with van der Waals surface area (Å²) in [5.74, 6) is -1.42. The molecule has 4 fully saturated rings. The molecule has 0 aromatic rings. The van der Waals surface area contributed by atoms with Crippen LogP contribution in [0.4, 0.5) is 0 Å². The van der Waals surface area contributed by atoms with Gasteiger partial charge in [-0.2, -0.15) is 0 Å². The molecule has 0 bridgehead atoms. The van der Waals surface area contributed by atoms with Gasteiger partial charge in [0.25, 0.3) is 0 Å². The highest BCUT2D eigenvalue weighted by Crippen LogP contribution is 2.41. The van der Waals surface area contributed by atoms with Gasteiger partial charge in [0, 0.05) is 64.9 Å². The first-order valence-corrected chi connectivity index (χ1v) is 19.5. The van der Waals surface area contributed by atoms with Crippen LogP contribution < -0.4 is 0 Å². The van der Waals surface area contributed by atoms with Crippen LogP contribution in [0.2, 0.25) is 0 Å². The Kier molecular flexibility index (Phi) is 14.4. The molecule has 1 aliphatic carbocycles. The summed E-state index contributed by atoms with van der Waals surface area (Å²) in [6, 6.07) is -0.0825. The summed E-state index contributed by atoms with van der Waals surface area (Å²) in [6.07, 6.45) is 1.35. The number of aliphatic hydroxyl groups excluding tert-OH is 1. The van der Waals surface area contributed by atoms with E-state index in [0.29, 0.717) is 25.9 Å². The first-order chi connectivity index (χ1) is 24.2. The van der Waals surface area contributed by atoms with Crippen LogP contribution in [0.15, 0.2) is 0 Å². The van der Waals surface area contributed by atoms with Crippen molar-refractivity contribution in [1.29, 1.82) is 0 Å². The Morgan fingerprint density at radius 1 is 1.00 bits per heavy atom. The molecule has 1 N–H and O–H groups in total. The zero-order valence-corrected chi connectivity index (χ0v) is 34.4. The molecule has 0 radical (unpaired) electrons. The van der Waals surface area contributed by atoms with E-state index in [-0.39, 0.29) is 42.4 Å². The van der Waals surface area contributed by atoms with Gasteiger partial charge in [0.1, 0.15) is 18.1 Å². The third-order valence-electron chi connectivity index (χ3n) is 13.0. The SMILES string of the molecule is CO[C@]1(C)C[C@@H](C)CN(C)C2(CCC(N(C)C(=O)CN3CCN(C)CC3)CC2)COC(=O)C(C)(C)C(=O)[C@H](C)[C@H]1O[C@@H]1O[C@H](C)C[C@H](N(C)C)[C@H]1O. The number of amides is 1. The summed E-state index contributed by atoms with van der Waals surface area (Å²) in [4.78, 5) is 52.5. The lowest BCUT2D eigenvalue weighted by atomic mass is 9.74. The number of rotatable bonds is 7. The molecule has 1 spiro atoms. The zero-order chi connectivity index (χ0) is 38.8. The van der Waals surface area contributed by atoms with E-state index in [2.05, 4.69) is 35.7 Å². The largest absolute Gasteiger partial charge is 0.463 e. The number of hydrogen-bond acceptors (Lipinski definition) is 12. The Labute approximate surface area is 313 Å². The van der Waals surface area contributed by atoms with Gasteiger partial charge in [0.2, 0.25) is 5.91 Å². The van der Waals surface area contributed by atoms with Gasteiger partial charge in [-0.05, 0) is 100 Å². The van der Waals surface area contributed by atoms with Crippen LogP contribution in [0.5, 0.6) is 0 Å². The molecule has 1 saturated carbocycles. The number of ketones is 1. The van der Waals surface area contributed by atoms with E-state index in [1.165, 1.54) is 0 Å². The van der Waals surface area contributed by atoms with Crippen molar-refractivity contribution in [3.05, 3.63) is 0 Å². The Balaban J connectivity index is 1.56. The quantitative estimate of drug-likeness (QED) is 0.305. The summed E-state index contributed by atoms with van der Waals surface area (Å²) in [7, 11) is 11.6. The minimum Gasteiger partial charge on any atom is -0.463 e. The fourth-order valence-corrected chi connectivity index (χ4v) is 9.19. The number of carbonyl (C=O) groups excluding carboxylic acids is 3. The molecule has 1 amide bonds. The third kappa shape index (κ3) is 9.56. The number of esters is 1. The minimum absolute atomic E-state index is 0.0981. The van der Waals surface area contributed by atoms with E-state index in [1.54, 1.807) is 27.9 Å². The van der Waals surface area contributed by atoms with Gasteiger partial charge in [-0.3, -0.25) is 24.2 Å². The summed E-state index contributed by atoms with van der Waals surface area (Å²) < 4.78 is 25.3. The predicted octanol–water partition coefficient (Wildman–Crippen LogP) is 2.34. The maximum Gasteiger partial charge on any atom is 0.319 e. The van der Waals surface area contributed by atoms with Crippen LogP contribution in [-0.4, -0.2) is 183 Å². The highest BCUT2D eigenvalue weighted by molar-refractivity contribution is 6.04. The highest BCUT2D eigenvalue weighted by Gasteiger charge is 2.52. The van der Waals surface area contributed by atoms with Gasteiger partial charge >= 0.3 is 5.97 Å². The molecule has 0 unspecified atom stereocenters. The molecule has 300 valence electrons. The van der Waals surface area contributed by atoms with E-state index >= 15 is 0 Å². The monoisotopic (exact) mass is 738 g/mol. The van der Waals surface area contributed by atoms with Gasteiger partial charge in [-0.15, -0.1) is 0 Å². The van der Waals surface area contributed by atoms with Crippen molar-refractivity contribution < 1.29 is 38.4 Å². The van der Waals surface area contributed by atoms with E-state index in [1.807, 2.05) is 44.8 Å². The van der Waals surface area contributed by atoms with Crippen LogP contribution in [0, 0.1) is 17.3 Å². The lowest BCUT2D eigenvalue weighted by molar-refractivity contribution is -0.295. The second kappa shape index (κ2) is 17.4. The number of likely N-dealkylation sites (N-methyl/N-ethyl adjacent to an activating group) is 4. The number of cyclic esters (lactones) is 1. The average Bonchev–Trinajstić information content (AvgIpc) is 3.10. The topological polar surface area (TPSA) is 125 Å². The molecule has 13 nitrogen and oxygen atoms in total. The van der Waals surface area contributed by atoms with Crippen molar-refractivity contribution in [3.63, 3.8) is 0 Å². The van der Waals surface area contributed by atoms with Crippen LogP contribution in [0.25, 0.3) is 0 Å². The van der Waals surface area contributed by atoms with E-state index in [9.17, 15) is 19.5 Å². The minimum atomic E-state index is -1.46. The molecule has 4 rings (SSSR count). The fourth-order valence-electron chi connectivity index (χ4n) is 9.19. The molecule has 3 saturated heterocycles. The number of piperazine rings is 1. The van der Waals surface area contributed by atoms with Crippen molar-refractivity contribution in [1.82, 2.24) is 24.5 Å². The van der Waals surface area contributed by atoms with Crippen LogP contribution >= 0.6 is 0 Å². The Hall–Kier alpha value is -1.71. The van der Waals surface area contributed by atoms with Gasteiger partial charge in [0.15, 0.2) is 12.1 Å². The lowest BCUT2D eigenvalue weighted by Gasteiger charge is -2.49. The predicted molar refractivity (Wildman–Crippen MR) is 200 cm³/mol. The molecule has 13 heteroatoms. The Morgan fingerprint density at radius 2 is 1.62 bits per heavy atom. The number of carbonyl (C=O) groups is 3. The summed E-state index contributed by atoms with van der Waals surface area (Å²) in [5, 5.41) is 11.4. The zero-order valence-electron chi connectivity index (χ0n) is 34.4. The van der Waals surface area contributed by atoms with E-state index < -0.39 is 46.9 Å². The standard InChI is InChI=1S/C39H71N5O8/c1-26-22-38(6,49-12)34(52-35-32(46)30(40(7)8)21-27(2)51-35)28(3)33(47)37(4,5)36(48)50-25-39(42(10)23-26)15-13-29(14-16-39)43(11)31(45)24-44-19-17-41(9)18-20-44/h26-30,32,34-35,46H,13-25H2,1-12H3/t26-,27-,28+,29?,30+,32-,34-,35+,38-,39?/m1/s1. The normalized spacial score (nSPS) is 39.4. The number of ether oxygens (including phenoxy) is 4. The molecule has 3 heterocycles. The number of aliphatic hydroxyl groups is 1. The van der Waals surface area contributed by atoms with E-state index in [4.69, 9.17) is 18.9 Å². The highest BCUT2D eigenvalue weighted by atomic mass is 16.7. The van der Waals surface area contributed by atoms with Gasteiger partial charge < -0.3 is 38.8 Å². The lowest BCUT2D eigenvalue weighted by Crippen LogP contribution is -2.59. The second-order valence-corrected chi connectivity index (χ2v) is 17.7. The molecular formula is C39H71N5O8. The summed E-state index contributed by atoms with van der Waals surface area (Å²) >= 11 is 0. The first kappa shape index (κ1) is 43.0. The molecule has 3 aliphatic heterocycles. The van der Waals surface area contributed by atoms with Gasteiger partial charge in [0.05, 0.1) is 29.9 Å². The number of hydrogen-bond donors (Lipinski definition) is 1. The van der Waals surface area contributed by atoms with Gasteiger partial charge in [-0.1, -0.05) is 13.8 Å². The molecule has 0 aromatic carbocycles. The summed E-state index contributed by atoms with van der Waals surface area (Å²) in [6.45, 7) is 16.2. The Morgan fingerprint density at radius 3 is 2.19 bits per heavy atom. The van der Waals surface area contributed by atoms with Crippen molar-refractivity contribution in [2.75, 3.05) is 88.2 Å².